The van der Waals surface area contributed by atoms with Gasteiger partial charge in [0.2, 0.25) is 0 Å². The molecule has 0 aliphatic rings. The van der Waals surface area contributed by atoms with E-state index in [9.17, 15) is 13.6 Å². The van der Waals surface area contributed by atoms with Crippen LogP contribution >= 0.6 is 15.9 Å². The molecule has 0 amide bonds. The molecule has 1 rings (SSSR count). The SMILES string of the molecule is CCOC(=O)Cc1nc(C#N)cc(Br)c1C(F)F. The lowest BCUT2D eigenvalue weighted by atomic mass is 10.1. The Bertz CT molecular complexity index is 501. The summed E-state index contributed by atoms with van der Waals surface area (Å²) >= 11 is 2.95. The number of aromatic nitrogens is 1. The van der Waals surface area contributed by atoms with Crippen molar-refractivity contribution in [3.05, 3.63) is 27.5 Å². The van der Waals surface area contributed by atoms with Crippen LogP contribution in [-0.2, 0) is 16.0 Å². The standard InChI is InChI=1S/C11H9BrF2N2O2/c1-2-18-9(17)4-8-10(11(13)14)7(12)3-6(5-15)16-8/h3,11H,2,4H2,1H3. The summed E-state index contributed by atoms with van der Waals surface area (Å²) in [4.78, 5) is 15.0. The second-order valence-corrected chi connectivity index (χ2v) is 4.10. The van der Waals surface area contributed by atoms with E-state index in [0.717, 1.165) is 0 Å². The molecule has 18 heavy (non-hydrogen) atoms. The normalized spacial score (nSPS) is 10.2. The highest BCUT2D eigenvalue weighted by Crippen LogP contribution is 2.30. The summed E-state index contributed by atoms with van der Waals surface area (Å²) in [5, 5.41) is 8.72. The van der Waals surface area contributed by atoms with Crippen LogP contribution in [0.5, 0.6) is 0 Å². The third-order valence-electron chi connectivity index (χ3n) is 2.04. The van der Waals surface area contributed by atoms with Gasteiger partial charge >= 0.3 is 5.97 Å². The Morgan fingerprint density at radius 3 is 2.83 bits per heavy atom. The van der Waals surface area contributed by atoms with E-state index in [2.05, 4.69) is 25.7 Å². The summed E-state index contributed by atoms with van der Waals surface area (Å²) in [5.74, 6) is -0.658. The Labute approximate surface area is 111 Å². The summed E-state index contributed by atoms with van der Waals surface area (Å²) < 4.78 is 30.4. The van der Waals surface area contributed by atoms with Crippen LogP contribution in [0.15, 0.2) is 10.5 Å². The summed E-state index contributed by atoms with van der Waals surface area (Å²) in [6.45, 7) is 1.77. The predicted octanol–water partition coefficient (Wildman–Crippen LogP) is 2.76. The van der Waals surface area contributed by atoms with Crippen LogP contribution < -0.4 is 0 Å². The first-order chi connectivity index (χ1) is 8.49. The van der Waals surface area contributed by atoms with Crippen molar-refractivity contribution in [2.45, 2.75) is 19.8 Å². The smallest absolute Gasteiger partial charge is 0.311 e. The zero-order valence-electron chi connectivity index (χ0n) is 9.41. The van der Waals surface area contributed by atoms with Gasteiger partial charge in [-0.3, -0.25) is 4.79 Å². The van der Waals surface area contributed by atoms with E-state index in [1.165, 1.54) is 6.07 Å². The van der Waals surface area contributed by atoms with Crippen molar-refractivity contribution < 1.29 is 18.3 Å². The zero-order chi connectivity index (χ0) is 13.7. The molecule has 0 aromatic carbocycles. The number of rotatable bonds is 4. The van der Waals surface area contributed by atoms with Crippen LogP contribution in [0.3, 0.4) is 0 Å². The van der Waals surface area contributed by atoms with Gasteiger partial charge in [-0.25, -0.2) is 13.8 Å². The van der Waals surface area contributed by atoms with Crippen molar-refractivity contribution in [1.29, 1.82) is 5.26 Å². The lowest BCUT2D eigenvalue weighted by Gasteiger charge is -2.10. The Hall–Kier alpha value is -1.55. The molecule has 0 saturated carbocycles. The number of carbonyl (C=O) groups excluding carboxylic acids is 1. The third-order valence-corrected chi connectivity index (χ3v) is 2.69. The number of alkyl halides is 2. The van der Waals surface area contributed by atoms with E-state index in [-0.39, 0.29) is 34.5 Å². The first-order valence-electron chi connectivity index (χ1n) is 5.02. The summed E-state index contributed by atoms with van der Waals surface area (Å²) in [7, 11) is 0. The van der Waals surface area contributed by atoms with E-state index in [1.54, 1.807) is 13.0 Å². The average molecular weight is 319 g/mol. The van der Waals surface area contributed by atoms with Crippen molar-refractivity contribution in [2.75, 3.05) is 6.61 Å². The largest absolute Gasteiger partial charge is 0.466 e. The minimum Gasteiger partial charge on any atom is -0.466 e. The van der Waals surface area contributed by atoms with Crippen LogP contribution in [0.2, 0.25) is 0 Å². The Kier molecular flexibility index (Phi) is 5.16. The Morgan fingerprint density at radius 1 is 1.67 bits per heavy atom. The molecular formula is C11H9BrF2N2O2. The lowest BCUT2D eigenvalue weighted by molar-refractivity contribution is -0.142. The fourth-order valence-corrected chi connectivity index (χ4v) is 1.96. The second kappa shape index (κ2) is 6.40. The van der Waals surface area contributed by atoms with Crippen molar-refractivity contribution in [1.82, 2.24) is 4.98 Å². The first-order valence-corrected chi connectivity index (χ1v) is 5.82. The molecule has 0 unspecified atom stereocenters. The second-order valence-electron chi connectivity index (χ2n) is 3.24. The fourth-order valence-electron chi connectivity index (χ4n) is 1.34. The first kappa shape index (κ1) is 14.5. The summed E-state index contributed by atoms with van der Waals surface area (Å²) in [6.07, 6.45) is -3.18. The van der Waals surface area contributed by atoms with Crippen LogP contribution in [0.1, 0.15) is 30.3 Å². The van der Waals surface area contributed by atoms with Gasteiger partial charge in [0.25, 0.3) is 6.43 Å². The molecule has 0 N–H and O–H groups in total. The summed E-state index contributed by atoms with van der Waals surface area (Å²) in [6, 6.07) is 2.93. The molecule has 0 aliphatic carbocycles. The predicted molar refractivity (Wildman–Crippen MR) is 61.9 cm³/mol. The molecule has 0 atom stereocenters. The number of nitrogens with zero attached hydrogens (tertiary/aromatic N) is 2. The lowest BCUT2D eigenvalue weighted by Crippen LogP contribution is -2.12. The number of hydrogen-bond donors (Lipinski definition) is 0. The Morgan fingerprint density at radius 2 is 2.33 bits per heavy atom. The minimum absolute atomic E-state index is 0.0365. The number of esters is 1. The van der Waals surface area contributed by atoms with E-state index in [1.807, 2.05) is 0 Å². The number of nitriles is 1. The molecule has 1 heterocycles. The maximum absolute atomic E-state index is 12.9. The molecular weight excluding hydrogens is 310 g/mol. The van der Waals surface area contributed by atoms with Gasteiger partial charge in [0.1, 0.15) is 11.8 Å². The molecule has 4 nitrogen and oxygen atoms in total. The van der Waals surface area contributed by atoms with Crippen molar-refractivity contribution in [2.24, 2.45) is 0 Å². The van der Waals surface area contributed by atoms with Crippen LogP contribution in [0.25, 0.3) is 0 Å². The molecule has 0 bridgehead atoms. The highest BCUT2D eigenvalue weighted by molar-refractivity contribution is 9.10. The van der Waals surface area contributed by atoms with Crippen molar-refractivity contribution in [3.63, 3.8) is 0 Å². The van der Waals surface area contributed by atoms with Crippen LogP contribution in [0.4, 0.5) is 8.78 Å². The molecule has 1 aromatic rings. The van der Waals surface area contributed by atoms with Crippen LogP contribution in [0, 0.1) is 11.3 Å². The molecule has 0 aliphatic heterocycles. The molecule has 1 aromatic heterocycles. The number of halogens is 3. The minimum atomic E-state index is -2.79. The number of ether oxygens (including phenoxy) is 1. The van der Waals surface area contributed by atoms with Gasteiger partial charge < -0.3 is 4.74 Å². The van der Waals surface area contributed by atoms with Gasteiger partial charge in [-0.2, -0.15) is 5.26 Å². The highest BCUT2D eigenvalue weighted by atomic mass is 79.9. The van der Waals surface area contributed by atoms with Crippen molar-refractivity contribution in [3.8, 4) is 6.07 Å². The van der Waals surface area contributed by atoms with Gasteiger partial charge in [-0.15, -0.1) is 0 Å². The van der Waals surface area contributed by atoms with Gasteiger partial charge in [0.15, 0.2) is 0 Å². The maximum Gasteiger partial charge on any atom is 0.311 e. The molecule has 0 fully saturated rings. The third kappa shape index (κ3) is 3.47. The molecule has 0 saturated heterocycles. The topological polar surface area (TPSA) is 63.0 Å². The van der Waals surface area contributed by atoms with Crippen molar-refractivity contribution >= 4 is 21.9 Å². The average Bonchev–Trinajstić information content (AvgIpc) is 2.27. The van der Waals surface area contributed by atoms with Gasteiger partial charge in [0, 0.05) is 4.47 Å². The van der Waals surface area contributed by atoms with Gasteiger partial charge in [-0.05, 0) is 13.0 Å². The molecule has 7 heteroatoms. The van der Waals surface area contributed by atoms with E-state index in [0.29, 0.717) is 0 Å². The summed E-state index contributed by atoms with van der Waals surface area (Å²) in [5.41, 5.74) is -0.568. The van der Waals surface area contributed by atoms with E-state index in [4.69, 9.17) is 5.26 Å². The molecule has 0 spiro atoms. The van der Waals surface area contributed by atoms with E-state index < -0.39 is 12.4 Å². The number of hydrogen-bond acceptors (Lipinski definition) is 4. The number of pyridine rings is 1. The fraction of sp³-hybridized carbons (Fsp3) is 0.364. The molecule has 96 valence electrons. The van der Waals surface area contributed by atoms with E-state index >= 15 is 0 Å². The maximum atomic E-state index is 12.9. The van der Waals surface area contributed by atoms with Gasteiger partial charge in [-0.1, -0.05) is 15.9 Å². The number of carbonyl (C=O) groups is 1. The molecule has 0 radical (unpaired) electrons. The Balaban J connectivity index is 3.18. The monoisotopic (exact) mass is 318 g/mol. The van der Waals surface area contributed by atoms with Crippen LogP contribution in [-0.4, -0.2) is 17.6 Å². The zero-order valence-corrected chi connectivity index (χ0v) is 11.0. The quantitative estimate of drug-likeness (QED) is 0.801. The van der Waals surface area contributed by atoms with Gasteiger partial charge in [0.05, 0.1) is 24.3 Å². The highest BCUT2D eigenvalue weighted by Gasteiger charge is 2.21.